The highest BCUT2D eigenvalue weighted by atomic mass is 19.1. The third-order valence-electron chi connectivity index (χ3n) is 4.38. The van der Waals surface area contributed by atoms with Crippen molar-refractivity contribution in [1.29, 1.82) is 0 Å². The molecular weight excluding hydrogens is 265 g/mol. The molecule has 1 aliphatic carbocycles. The van der Waals surface area contributed by atoms with Crippen molar-refractivity contribution in [2.75, 3.05) is 0 Å². The van der Waals surface area contributed by atoms with Crippen LogP contribution in [-0.2, 0) is 0 Å². The summed E-state index contributed by atoms with van der Waals surface area (Å²) in [6.45, 7) is 2.19. The molecule has 2 rings (SSSR count). The van der Waals surface area contributed by atoms with Gasteiger partial charge >= 0.3 is 0 Å². The summed E-state index contributed by atoms with van der Waals surface area (Å²) in [5, 5.41) is 3.41. The van der Waals surface area contributed by atoms with Crippen LogP contribution in [0.4, 0.5) is 4.39 Å². The lowest BCUT2D eigenvalue weighted by atomic mass is 9.78. The molecule has 0 amide bonds. The van der Waals surface area contributed by atoms with Gasteiger partial charge in [0.2, 0.25) is 0 Å². The Morgan fingerprint density at radius 3 is 2.71 bits per heavy atom. The largest absolute Gasteiger partial charge is 0.207 e. The third kappa shape index (κ3) is 4.48. The fraction of sp³-hybridized carbons (Fsp3) is 0.556. The predicted octanol–water partition coefficient (Wildman–Crippen LogP) is 5.72. The van der Waals surface area contributed by atoms with E-state index in [4.69, 9.17) is 0 Å². The predicted molar refractivity (Wildman–Crippen MR) is 85.4 cm³/mol. The minimum Gasteiger partial charge on any atom is -0.207 e. The summed E-state index contributed by atoms with van der Waals surface area (Å²) in [7, 11) is 0. The minimum atomic E-state index is -0.233. The summed E-state index contributed by atoms with van der Waals surface area (Å²) >= 11 is 0. The standard InChI is InChI=1S/C18H24FNO/c1-2-3-4-6-15-7-5-8-16(18(15)20-21)13-14-9-11-17(19)12-10-14/h9-13,15,18H,2-8H2,1H3. The Hall–Kier alpha value is -1.51. The molecule has 1 saturated carbocycles. The normalized spacial score (nSPS) is 24.2. The van der Waals surface area contributed by atoms with Gasteiger partial charge in [0.1, 0.15) is 11.9 Å². The quantitative estimate of drug-likeness (QED) is 0.486. The highest BCUT2D eigenvalue weighted by molar-refractivity contribution is 5.54. The maximum atomic E-state index is 13.0. The van der Waals surface area contributed by atoms with Gasteiger partial charge in [-0.15, -0.1) is 0 Å². The number of nitrogens with zero attached hydrogens (tertiary/aromatic N) is 1. The second kappa shape index (κ2) is 8.06. The number of benzene rings is 1. The molecule has 114 valence electrons. The molecule has 0 radical (unpaired) electrons. The van der Waals surface area contributed by atoms with E-state index in [1.807, 2.05) is 6.08 Å². The van der Waals surface area contributed by atoms with E-state index in [9.17, 15) is 9.30 Å². The van der Waals surface area contributed by atoms with Gasteiger partial charge in [0.05, 0.1) is 0 Å². The summed E-state index contributed by atoms with van der Waals surface area (Å²) in [6.07, 6.45) is 9.86. The number of halogens is 1. The maximum Gasteiger partial charge on any atom is 0.123 e. The van der Waals surface area contributed by atoms with Crippen LogP contribution in [0.1, 0.15) is 57.4 Å². The van der Waals surface area contributed by atoms with Gasteiger partial charge in [0.25, 0.3) is 0 Å². The van der Waals surface area contributed by atoms with Crippen molar-refractivity contribution in [2.45, 2.75) is 57.9 Å². The third-order valence-corrected chi connectivity index (χ3v) is 4.38. The molecule has 0 aromatic heterocycles. The SMILES string of the molecule is CCCCCC1CCCC(=Cc2ccc(F)cc2)C1N=O. The molecule has 0 aliphatic heterocycles. The Morgan fingerprint density at radius 1 is 1.29 bits per heavy atom. The average Bonchev–Trinajstić information content (AvgIpc) is 2.50. The molecular formula is C18H24FNO. The summed E-state index contributed by atoms with van der Waals surface area (Å²) in [4.78, 5) is 11.3. The smallest absolute Gasteiger partial charge is 0.123 e. The van der Waals surface area contributed by atoms with Crippen molar-refractivity contribution in [2.24, 2.45) is 11.1 Å². The first-order chi connectivity index (χ1) is 10.2. The highest BCUT2D eigenvalue weighted by Crippen LogP contribution is 2.35. The molecule has 1 fully saturated rings. The van der Waals surface area contributed by atoms with Crippen LogP contribution in [0.25, 0.3) is 6.08 Å². The van der Waals surface area contributed by atoms with Crippen LogP contribution in [0.5, 0.6) is 0 Å². The summed E-state index contributed by atoms with van der Waals surface area (Å²) in [5.41, 5.74) is 2.07. The Kier molecular flexibility index (Phi) is 6.09. The molecule has 2 nitrogen and oxygen atoms in total. The molecule has 1 aromatic carbocycles. The van der Waals surface area contributed by atoms with Crippen molar-refractivity contribution in [3.63, 3.8) is 0 Å². The van der Waals surface area contributed by atoms with E-state index in [0.717, 1.165) is 36.8 Å². The van der Waals surface area contributed by atoms with E-state index >= 15 is 0 Å². The van der Waals surface area contributed by atoms with Crippen molar-refractivity contribution < 1.29 is 4.39 Å². The topological polar surface area (TPSA) is 29.4 Å². The zero-order valence-electron chi connectivity index (χ0n) is 12.7. The van der Waals surface area contributed by atoms with E-state index in [0.29, 0.717) is 5.92 Å². The number of hydrogen-bond donors (Lipinski definition) is 0. The van der Waals surface area contributed by atoms with Crippen LogP contribution in [0.15, 0.2) is 35.0 Å². The van der Waals surface area contributed by atoms with E-state index < -0.39 is 0 Å². The molecule has 3 heteroatoms. The van der Waals surface area contributed by atoms with Gasteiger partial charge in [-0.05, 0) is 54.9 Å². The van der Waals surface area contributed by atoms with E-state index in [2.05, 4.69) is 12.1 Å². The first-order valence-electron chi connectivity index (χ1n) is 8.03. The van der Waals surface area contributed by atoms with Gasteiger partial charge in [0.15, 0.2) is 0 Å². The Balaban J connectivity index is 2.10. The Labute approximate surface area is 126 Å². The molecule has 0 bridgehead atoms. The van der Waals surface area contributed by atoms with Crippen molar-refractivity contribution >= 4 is 6.08 Å². The first kappa shape index (κ1) is 15.9. The van der Waals surface area contributed by atoms with Crippen LogP contribution >= 0.6 is 0 Å². The van der Waals surface area contributed by atoms with Gasteiger partial charge in [-0.25, -0.2) is 4.39 Å². The van der Waals surface area contributed by atoms with Crippen LogP contribution in [-0.4, -0.2) is 6.04 Å². The second-order valence-corrected chi connectivity index (χ2v) is 5.97. The van der Waals surface area contributed by atoms with Gasteiger partial charge in [-0.2, -0.15) is 4.91 Å². The van der Waals surface area contributed by atoms with Crippen LogP contribution in [0.3, 0.4) is 0 Å². The number of hydrogen-bond acceptors (Lipinski definition) is 2. The fourth-order valence-corrected chi connectivity index (χ4v) is 3.22. The van der Waals surface area contributed by atoms with Gasteiger partial charge in [-0.3, -0.25) is 0 Å². The lowest BCUT2D eigenvalue weighted by Crippen LogP contribution is -2.25. The van der Waals surface area contributed by atoms with E-state index in [1.165, 1.54) is 31.4 Å². The van der Waals surface area contributed by atoms with Gasteiger partial charge in [-0.1, -0.05) is 49.6 Å². The zero-order valence-corrected chi connectivity index (χ0v) is 12.7. The number of unbranched alkanes of at least 4 members (excludes halogenated alkanes) is 2. The monoisotopic (exact) mass is 289 g/mol. The van der Waals surface area contributed by atoms with Gasteiger partial charge < -0.3 is 0 Å². The molecule has 2 atom stereocenters. The second-order valence-electron chi connectivity index (χ2n) is 5.97. The number of nitroso groups, excluding NO2 is 1. The Morgan fingerprint density at radius 2 is 2.05 bits per heavy atom. The summed E-state index contributed by atoms with van der Waals surface area (Å²) in [5.74, 6) is 0.151. The fourth-order valence-electron chi connectivity index (χ4n) is 3.22. The maximum absolute atomic E-state index is 13.0. The zero-order chi connectivity index (χ0) is 15.1. The lowest BCUT2D eigenvalue weighted by molar-refractivity contribution is 0.339. The molecule has 0 spiro atoms. The molecule has 1 aliphatic rings. The lowest BCUT2D eigenvalue weighted by Gasteiger charge is -2.29. The van der Waals surface area contributed by atoms with Crippen molar-refractivity contribution in [3.05, 3.63) is 46.1 Å². The van der Waals surface area contributed by atoms with E-state index in [1.54, 1.807) is 12.1 Å². The minimum absolute atomic E-state index is 0.194. The van der Waals surface area contributed by atoms with Crippen LogP contribution in [0.2, 0.25) is 0 Å². The summed E-state index contributed by atoms with van der Waals surface area (Å²) in [6, 6.07) is 6.23. The highest BCUT2D eigenvalue weighted by Gasteiger charge is 2.29. The van der Waals surface area contributed by atoms with Crippen molar-refractivity contribution in [3.8, 4) is 0 Å². The summed E-state index contributed by atoms with van der Waals surface area (Å²) < 4.78 is 13.0. The number of rotatable bonds is 6. The molecule has 1 aromatic rings. The molecule has 21 heavy (non-hydrogen) atoms. The Bertz CT molecular complexity index is 480. The van der Waals surface area contributed by atoms with Crippen molar-refractivity contribution in [1.82, 2.24) is 0 Å². The first-order valence-corrected chi connectivity index (χ1v) is 8.03. The molecule has 2 unspecified atom stereocenters. The van der Waals surface area contributed by atoms with Crippen LogP contribution < -0.4 is 0 Å². The molecule has 0 heterocycles. The average molecular weight is 289 g/mol. The van der Waals surface area contributed by atoms with E-state index in [-0.39, 0.29) is 11.9 Å². The van der Waals surface area contributed by atoms with Crippen LogP contribution in [0, 0.1) is 16.6 Å². The molecule has 0 saturated heterocycles. The molecule has 0 N–H and O–H groups in total. The van der Waals surface area contributed by atoms with Gasteiger partial charge in [0, 0.05) is 0 Å².